The van der Waals surface area contributed by atoms with Gasteiger partial charge in [-0.3, -0.25) is 4.79 Å². The van der Waals surface area contributed by atoms with Crippen molar-refractivity contribution in [1.29, 1.82) is 0 Å². The Hall–Kier alpha value is -2.10. The largest absolute Gasteiger partial charge is 0.399 e. The predicted molar refractivity (Wildman–Crippen MR) is 60.5 cm³/mol. The van der Waals surface area contributed by atoms with Crippen molar-refractivity contribution in [2.45, 2.75) is 6.92 Å². The van der Waals surface area contributed by atoms with Crippen LogP contribution in [-0.2, 0) is 4.79 Å². The Morgan fingerprint density at radius 3 is 2.87 bits per heavy atom. The maximum absolute atomic E-state index is 10.8. The highest BCUT2D eigenvalue weighted by Gasteiger charge is 1.99. The smallest absolute Gasteiger partial charge is 0.222 e. The second-order valence-electron chi connectivity index (χ2n) is 3.36. The first-order chi connectivity index (χ1) is 7.15. The molecule has 0 spiro atoms. The molecule has 2 aromatic rings. The first kappa shape index (κ1) is 9.45. The van der Waals surface area contributed by atoms with Crippen LogP contribution in [0.4, 0.5) is 11.5 Å². The Kier molecular flexibility index (Phi) is 2.25. The Bertz CT molecular complexity index is 522. The van der Waals surface area contributed by atoms with Crippen LogP contribution in [0.25, 0.3) is 10.8 Å². The van der Waals surface area contributed by atoms with E-state index in [1.165, 1.54) is 6.92 Å². The number of nitrogens with two attached hydrogens (primary N) is 1. The first-order valence-electron chi connectivity index (χ1n) is 4.58. The SMILES string of the molecule is CC(=O)Nc1cc2cc(N)ccc2cn1. The third-order valence-electron chi connectivity index (χ3n) is 2.05. The maximum atomic E-state index is 10.8. The molecular formula is C11H11N3O. The molecule has 0 bridgehead atoms. The van der Waals surface area contributed by atoms with Crippen LogP contribution in [0, 0.1) is 0 Å². The number of carbonyl (C=O) groups is 1. The minimum Gasteiger partial charge on any atom is -0.399 e. The lowest BCUT2D eigenvalue weighted by molar-refractivity contribution is -0.114. The summed E-state index contributed by atoms with van der Waals surface area (Å²) in [6.07, 6.45) is 1.71. The van der Waals surface area contributed by atoms with E-state index in [-0.39, 0.29) is 5.91 Å². The molecule has 2 rings (SSSR count). The summed E-state index contributed by atoms with van der Waals surface area (Å²) in [6.45, 7) is 1.45. The Morgan fingerprint density at radius 1 is 1.33 bits per heavy atom. The highest BCUT2D eigenvalue weighted by atomic mass is 16.1. The molecule has 0 aliphatic rings. The zero-order chi connectivity index (χ0) is 10.8. The summed E-state index contributed by atoms with van der Waals surface area (Å²) >= 11 is 0. The van der Waals surface area contributed by atoms with Crippen LogP contribution in [-0.4, -0.2) is 10.9 Å². The molecule has 0 unspecified atom stereocenters. The van der Waals surface area contributed by atoms with Crippen molar-refractivity contribution in [3.8, 4) is 0 Å². The van der Waals surface area contributed by atoms with Crippen molar-refractivity contribution in [2.75, 3.05) is 11.1 Å². The van der Waals surface area contributed by atoms with Crippen molar-refractivity contribution < 1.29 is 4.79 Å². The molecule has 1 aromatic heterocycles. The molecule has 3 N–H and O–H groups in total. The number of nitrogen functional groups attached to an aromatic ring is 1. The fourth-order valence-electron chi connectivity index (χ4n) is 1.41. The summed E-state index contributed by atoms with van der Waals surface area (Å²) in [7, 11) is 0. The number of anilines is 2. The standard InChI is InChI=1S/C11H11N3O/c1-7(15)14-11-5-9-4-10(12)3-2-8(9)6-13-11/h2-6H,12H2,1H3,(H,13,14,15). The van der Waals surface area contributed by atoms with Gasteiger partial charge in [-0.15, -0.1) is 0 Å². The van der Waals surface area contributed by atoms with Gasteiger partial charge >= 0.3 is 0 Å². The number of fused-ring (bicyclic) bond motifs is 1. The van der Waals surface area contributed by atoms with Gasteiger partial charge < -0.3 is 11.1 Å². The first-order valence-corrected chi connectivity index (χ1v) is 4.58. The molecular weight excluding hydrogens is 190 g/mol. The molecule has 0 aliphatic heterocycles. The van der Waals surface area contributed by atoms with E-state index in [0.717, 1.165) is 10.8 Å². The molecule has 0 saturated heterocycles. The highest BCUT2D eigenvalue weighted by molar-refractivity contribution is 5.92. The predicted octanol–water partition coefficient (Wildman–Crippen LogP) is 1.78. The van der Waals surface area contributed by atoms with E-state index in [2.05, 4.69) is 10.3 Å². The van der Waals surface area contributed by atoms with Crippen molar-refractivity contribution in [2.24, 2.45) is 0 Å². The average Bonchev–Trinajstić information content (AvgIpc) is 2.16. The number of carbonyl (C=O) groups excluding carboxylic acids is 1. The molecule has 0 fully saturated rings. The fraction of sp³-hybridized carbons (Fsp3) is 0.0909. The van der Waals surface area contributed by atoms with E-state index >= 15 is 0 Å². The van der Waals surface area contributed by atoms with Crippen LogP contribution in [0.5, 0.6) is 0 Å². The van der Waals surface area contributed by atoms with Gasteiger partial charge in [0.25, 0.3) is 0 Å². The number of hydrogen-bond acceptors (Lipinski definition) is 3. The van der Waals surface area contributed by atoms with Gasteiger partial charge in [0.15, 0.2) is 0 Å². The average molecular weight is 201 g/mol. The van der Waals surface area contributed by atoms with Crippen LogP contribution < -0.4 is 11.1 Å². The number of nitrogens with zero attached hydrogens (tertiary/aromatic N) is 1. The monoisotopic (exact) mass is 201 g/mol. The van der Waals surface area contributed by atoms with Gasteiger partial charge in [0, 0.05) is 24.2 Å². The Morgan fingerprint density at radius 2 is 2.13 bits per heavy atom. The van der Waals surface area contributed by atoms with E-state index in [1.54, 1.807) is 12.3 Å². The quantitative estimate of drug-likeness (QED) is 0.691. The van der Waals surface area contributed by atoms with Gasteiger partial charge in [0.2, 0.25) is 5.91 Å². The molecule has 1 aromatic carbocycles. The van der Waals surface area contributed by atoms with Crippen LogP contribution >= 0.6 is 0 Å². The topological polar surface area (TPSA) is 68.0 Å². The zero-order valence-corrected chi connectivity index (χ0v) is 8.32. The highest BCUT2D eigenvalue weighted by Crippen LogP contribution is 2.19. The van der Waals surface area contributed by atoms with Gasteiger partial charge in [-0.1, -0.05) is 6.07 Å². The number of benzene rings is 1. The van der Waals surface area contributed by atoms with E-state index in [4.69, 9.17) is 5.73 Å². The van der Waals surface area contributed by atoms with E-state index < -0.39 is 0 Å². The van der Waals surface area contributed by atoms with Gasteiger partial charge in [-0.25, -0.2) is 4.98 Å². The summed E-state index contributed by atoms with van der Waals surface area (Å²) in [4.78, 5) is 14.9. The summed E-state index contributed by atoms with van der Waals surface area (Å²) < 4.78 is 0. The van der Waals surface area contributed by atoms with Crippen LogP contribution in [0.3, 0.4) is 0 Å². The second-order valence-corrected chi connectivity index (χ2v) is 3.36. The molecule has 15 heavy (non-hydrogen) atoms. The van der Waals surface area contributed by atoms with Crippen LogP contribution in [0.2, 0.25) is 0 Å². The van der Waals surface area contributed by atoms with Crippen molar-refractivity contribution >= 4 is 28.2 Å². The Balaban J connectivity index is 2.49. The van der Waals surface area contributed by atoms with Crippen LogP contribution in [0.15, 0.2) is 30.5 Å². The zero-order valence-electron chi connectivity index (χ0n) is 8.32. The summed E-state index contributed by atoms with van der Waals surface area (Å²) in [5.74, 6) is 0.409. The minimum atomic E-state index is -0.134. The van der Waals surface area contributed by atoms with E-state index in [1.807, 2.05) is 18.2 Å². The van der Waals surface area contributed by atoms with Crippen molar-refractivity contribution in [3.05, 3.63) is 30.5 Å². The summed E-state index contributed by atoms with van der Waals surface area (Å²) in [5, 5.41) is 4.59. The molecule has 4 heteroatoms. The summed E-state index contributed by atoms with van der Waals surface area (Å²) in [5.41, 5.74) is 6.36. The number of pyridine rings is 1. The molecule has 0 saturated carbocycles. The number of rotatable bonds is 1. The minimum absolute atomic E-state index is 0.134. The molecule has 4 nitrogen and oxygen atoms in total. The van der Waals surface area contributed by atoms with Crippen molar-refractivity contribution in [3.63, 3.8) is 0 Å². The number of hydrogen-bond donors (Lipinski definition) is 2. The lowest BCUT2D eigenvalue weighted by Crippen LogP contribution is -2.06. The van der Waals surface area contributed by atoms with Gasteiger partial charge in [-0.2, -0.15) is 0 Å². The molecule has 0 radical (unpaired) electrons. The lowest BCUT2D eigenvalue weighted by atomic mass is 10.1. The third-order valence-corrected chi connectivity index (χ3v) is 2.05. The number of nitrogens with one attached hydrogen (secondary N) is 1. The maximum Gasteiger partial charge on any atom is 0.222 e. The second kappa shape index (κ2) is 3.57. The normalized spacial score (nSPS) is 10.2. The van der Waals surface area contributed by atoms with E-state index in [0.29, 0.717) is 11.5 Å². The molecule has 1 heterocycles. The van der Waals surface area contributed by atoms with Gasteiger partial charge in [0.1, 0.15) is 5.82 Å². The molecule has 0 aliphatic carbocycles. The summed E-state index contributed by atoms with van der Waals surface area (Å²) in [6, 6.07) is 7.37. The Labute approximate surface area is 87.1 Å². The van der Waals surface area contributed by atoms with Crippen LogP contribution in [0.1, 0.15) is 6.92 Å². The van der Waals surface area contributed by atoms with Gasteiger partial charge in [-0.05, 0) is 23.6 Å². The van der Waals surface area contributed by atoms with Crippen molar-refractivity contribution in [1.82, 2.24) is 4.98 Å². The molecule has 0 atom stereocenters. The number of aromatic nitrogens is 1. The number of amides is 1. The van der Waals surface area contributed by atoms with E-state index in [9.17, 15) is 4.79 Å². The third kappa shape index (κ3) is 2.04. The molecule has 76 valence electrons. The fourth-order valence-corrected chi connectivity index (χ4v) is 1.41. The lowest BCUT2D eigenvalue weighted by Gasteiger charge is -2.03. The molecule has 1 amide bonds. The van der Waals surface area contributed by atoms with Gasteiger partial charge in [0.05, 0.1) is 0 Å².